The Bertz CT molecular complexity index is 394. The highest BCUT2D eigenvalue weighted by Crippen LogP contribution is 2.24. The Labute approximate surface area is 121 Å². The van der Waals surface area contributed by atoms with Crippen LogP contribution in [0, 0.1) is 5.41 Å². The quantitative estimate of drug-likeness (QED) is 0.674. The number of nitrogens with two attached hydrogens (primary N) is 1. The molecular weight excluding hydrogens is 252 g/mol. The highest BCUT2D eigenvalue weighted by Gasteiger charge is 2.26. The van der Waals surface area contributed by atoms with Gasteiger partial charge in [-0.05, 0) is 24.8 Å². The summed E-state index contributed by atoms with van der Waals surface area (Å²) >= 11 is 0. The number of nitrogens with one attached hydrogen (secondary N) is 1. The Balaban J connectivity index is 2.50. The van der Waals surface area contributed by atoms with Gasteiger partial charge in [0.1, 0.15) is 0 Å². The third kappa shape index (κ3) is 4.62. The number of rotatable bonds is 8. The average Bonchev–Trinajstić information content (AvgIpc) is 2.50. The molecule has 0 aliphatic rings. The smallest absolute Gasteiger partial charge is 0.237 e. The van der Waals surface area contributed by atoms with Gasteiger partial charge in [-0.3, -0.25) is 4.79 Å². The molecule has 0 aliphatic carbocycles. The molecule has 0 unspecified atom stereocenters. The van der Waals surface area contributed by atoms with Crippen LogP contribution in [0.5, 0.6) is 0 Å². The van der Waals surface area contributed by atoms with Crippen molar-refractivity contribution in [2.24, 2.45) is 11.1 Å². The third-order valence-corrected chi connectivity index (χ3v) is 4.11. The van der Waals surface area contributed by atoms with Crippen molar-refractivity contribution in [3.8, 4) is 0 Å². The van der Waals surface area contributed by atoms with Crippen LogP contribution in [-0.2, 0) is 11.2 Å². The second-order valence-electron chi connectivity index (χ2n) is 5.38. The van der Waals surface area contributed by atoms with E-state index in [-0.39, 0.29) is 17.9 Å². The van der Waals surface area contributed by atoms with E-state index in [0.717, 1.165) is 18.4 Å². The highest BCUT2D eigenvalue weighted by molar-refractivity contribution is 5.81. The van der Waals surface area contributed by atoms with Crippen molar-refractivity contribution >= 4 is 5.91 Å². The Kier molecular flexibility index (Phi) is 6.68. The molecule has 1 aromatic rings. The molecule has 0 heterocycles. The molecular formula is C16H26N2O2. The summed E-state index contributed by atoms with van der Waals surface area (Å²) in [7, 11) is 0. The maximum Gasteiger partial charge on any atom is 0.237 e. The molecule has 0 fully saturated rings. The lowest BCUT2D eigenvalue weighted by Crippen LogP contribution is -2.47. The van der Waals surface area contributed by atoms with Crippen molar-refractivity contribution < 1.29 is 9.90 Å². The van der Waals surface area contributed by atoms with Crippen molar-refractivity contribution in [2.75, 3.05) is 13.2 Å². The first-order valence-corrected chi connectivity index (χ1v) is 7.25. The van der Waals surface area contributed by atoms with E-state index in [1.165, 1.54) is 0 Å². The van der Waals surface area contributed by atoms with Gasteiger partial charge in [0.15, 0.2) is 0 Å². The van der Waals surface area contributed by atoms with Crippen molar-refractivity contribution in [2.45, 2.75) is 39.2 Å². The zero-order valence-electron chi connectivity index (χ0n) is 12.4. The molecule has 4 nitrogen and oxygen atoms in total. The van der Waals surface area contributed by atoms with Crippen molar-refractivity contribution in [3.05, 3.63) is 35.9 Å². The van der Waals surface area contributed by atoms with E-state index in [9.17, 15) is 9.90 Å². The summed E-state index contributed by atoms with van der Waals surface area (Å²) in [6.45, 7) is 4.59. The van der Waals surface area contributed by atoms with Crippen LogP contribution in [-0.4, -0.2) is 30.2 Å². The van der Waals surface area contributed by atoms with Crippen LogP contribution < -0.4 is 11.1 Å². The molecule has 112 valence electrons. The van der Waals surface area contributed by atoms with Crippen LogP contribution in [0.25, 0.3) is 0 Å². The van der Waals surface area contributed by atoms with Gasteiger partial charge in [0.05, 0.1) is 12.6 Å². The van der Waals surface area contributed by atoms with Crippen LogP contribution in [0.1, 0.15) is 32.3 Å². The molecule has 0 aliphatic heterocycles. The lowest BCUT2D eigenvalue weighted by atomic mass is 9.83. The minimum Gasteiger partial charge on any atom is -0.396 e. The number of hydrogen-bond acceptors (Lipinski definition) is 3. The number of aliphatic hydroxyl groups excluding tert-OH is 1. The van der Waals surface area contributed by atoms with Gasteiger partial charge in [-0.15, -0.1) is 0 Å². The Hall–Kier alpha value is -1.39. The van der Waals surface area contributed by atoms with Gasteiger partial charge < -0.3 is 16.2 Å². The Morgan fingerprint density at radius 1 is 1.30 bits per heavy atom. The maximum atomic E-state index is 12.0. The zero-order valence-corrected chi connectivity index (χ0v) is 12.4. The summed E-state index contributed by atoms with van der Waals surface area (Å²) in [4.78, 5) is 12.0. The van der Waals surface area contributed by atoms with Crippen molar-refractivity contribution in [3.63, 3.8) is 0 Å². The monoisotopic (exact) mass is 278 g/mol. The number of hydrogen-bond donors (Lipinski definition) is 3. The van der Waals surface area contributed by atoms with Gasteiger partial charge >= 0.3 is 0 Å². The molecule has 0 radical (unpaired) electrons. The van der Waals surface area contributed by atoms with E-state index >= 15 is 0 Å². The SMILES string of the molecule is CCC(CC)(CO)CNC(=O)[C@H](N)Cc1ccccc1. The molecule has 0 saturated carbocycles. The number of carbonyl (C=O) groups excluding carboxylic acids is 1. The Morgan fingerprint density at radius 2 is 1.90 bits per heavy atom. The van der Waals surface area contributed by atoms with E-state index in [1.54, 1.807) is 0 Å². The minimum atomic E-state index is -0.553. The number of benzene rings is 1. The highest BCUT2D eigenvalue weighted by atomic mass is 16.3. The molecule has 0 bridgehead atoms. The maximum absolute atomic E-state index is 12.0. The molecule has 0 spiro atoms. The molecule has 4 N–H and O–H groups in total. The first-order valence-electron chi connectivity index (χ1n) is 7.25. The van der Waals surface area contributed by atoms with Crippen LogP contribution in [0.4, 0.5) is 0 Å². The molecule has 20 heavy (non-hydrogen) atoms. The van der Waals surface area contributed by atoms with Gasteiger partial charge in [0.25, 0.3) is 0 Å². The van der Waals surface area contributed by atoms with Gasteiger partial charge in [0.2, 0.25) is 5.91 Å². The summed E-state index contributed by atoms with van der Waals surface area (Å²) in [6.07, 6.45) is 2.18. The largest absolute Gasteiger partial charge is 0.396 e. The molecule has 1 rings (SSSR count). The van der Waals surface area contributed by atoms with Crippen LogP contribution >= 0.6 is 0 Å². The predicted octanol–water partition coefficient (Wildman–Crippen LogP) is 1.47. The number of amides is 1. The first kappa shape index (κ1) is 16.7. The second kappa shape index (κ2) is 8.02. The summed E-state index contributed by atoms with van der Waals surface area (Å²) in [5.74, 6) is -0.159. The normalized spacial score (nSPS) is 13.0. The van der Waals surface area contributed by atoms with Gasteiger partial charge in [-0.1, -0.05) is 44.2 Å². The second-order valence-corrected chi connectivity index (χ2v) is 5.38. The first-order chi connectivity index (χ1) is 9.56. The number of aliphatic hydroxyl groups is 1. The lowest BCUT2D eigenvalue weighted by Gasteiger charge is -2.30. The zero-order chi connectivity index (χ0) is 15.0. The van der Waals surface area contributed by atoms with E-state index in [4.69, 9.17) is 5.73 Å². The van der Waals surface area contributed by atoms with Crippen LogP contribution in [0.3, 0.4) is 0 Å². The number of carbonyl (C=O) groups is 1. The molecule has 4 heteroatoms. The van der Waals surface area contributed by atoms with Crippen LogP contribution in [0.2, 0.25) is 0 Å². The molecule has 1 amide bonds. The fourth-order valence-corrected chi connectivity index (χ4v) is 2.15. The molecule has 1 aromatic carbocycles. The van der Waals surface area contributed by atoms with E-state index in [1.807, 2.05) is 44.2 Å². The van der Waals surface area contributed by atoms with Crippen molar-refractivity contribution in [1.82, 2.24) is 5.32 Å². The minimum absolute atomic E-state index is 0.0776. The lowest BCUT2D eigenvalue weighted by molar-refractivity contribution is -0.123. The predicted molar refractivity (Wildman–Crippen MR) is 81.2 cm³/mol. The van der Waals surface area contributed by atoms with Gasteiger partial charge in [-0.25, -0.2) is 0 Å². The summed E-state index contributed by atoms with van der Waals surface area (Å²) < 4.78 is 0. The van der Waals surface area contributed by atoms with Gasteiger partial charge in [0, 0.05) is 12.0 Å². The fourth-order valence-electron chi connectivity index (χ4n) is 2.15. The third-order valence-electron chi connectivity index (χ3n) is 4.11. The molecule has 0 aromatic heterocycles. The fraction of sp³-hybridized carbons (Fsp3) is 0.562. The summed E-state index contributed by atoms with van der Waals surface area (Å²) in [5, 5.41) is 12.4. The van der Waals surface area contributed by atoms with E-state index < -0.39 is 6.04 Å². The molecule has 1 atom stereocenters. The van der Waals surface area contributed by atoms with Crippen molar-refractivity contribution in [1.29, 1.82) is 0 Å². The Morgan fingerprint density at radius 3 is 2.40 bits per heavy atom. The van der Waals surface area contributed by atoms with Crippen LogP contribution in [0.15, 0.2) is 30.3 Å². The van der Waals surface area contributed by atoms with E-state index in [2.05, 4.69) is 5.32 Å². The average molecular weight is 278 g/mol. The summed E-state index contributed by atoms with van der Waals surface area (Å²) in [6, 6.07) is 9.18. The van der Waals surface area contributed by atoms with Gasteiger partial charge in [-0.2, -0.15) is 0 Å². The van der Waals surface area contributed by atoms with E-state index in [0.29, 0.717) is 13.0 Å². The summed E-state index contributed by atoms with van der Waals surface area (Å²) in [5.41, 5.74) is 6.74. The molecule has 0 saturated heterocycles. The standard InChI is InChI=1S/C16H26N2O2/c1-3-16(4-2,12-19)11-18-15(20)14(17)10-13-8-6-5-7-9-13/h5-9,14,19H,3-4,10-12,17H2,1-2H3,(H,18,20)/t14-/m1/s1. The topological polar surface area (TPSA) is 75.3 Å².